The molecule has 0 aliphatic heterocycles. The topological polar surface area (TPSA) is 64.6 Å². The second-order valence-electron chi connectivity index (χ2n) is 7.78. The predicted molar refractivity (Wildman–Crippen MR) is 130 cm³/mol. The number of hydrogen-bond acceptors (Lipinski definition) is 4. The van der Waals surface area contributed by atoms with Crippen molar-refractivity contribution < 1.29 is 19.1 Å². The number of ether oxygens (including phenoxy) is 2. The molecule has 172 valence electrons. The summed E-state index contributed by atoms with van der Waals surface area (Å²) in [4.78, 5) is 23.5. The van der Waals surface area contributed by atoms with Crippen LogP contribution in [0, 0.1) is 0 Å². The molecule has 0 saturated heterocycles. The van der Waals surface area contributed by atoms with Gasteiger partial charge in [0.15, 0.2) is 6.61 Å². The van der Waals surface area contributed by atoms with Gasteiger partial charge >= 0.3 is 5.97 Å². The zero-order chi connectivity index (χ0) is 23.3. The van der Waals surface area contributed by atoms with E-state index in [9.17, 15) is 9.59 Å². The van der Waals surface area contributed by atoms with Gasteiger partial charge in [-0.15, -0.1) is 0 Å². The smallest absolute Gasteiger partial charge is 0.344 e. The maximum atomic E-state index is 12.1. The average Bonchev–Trinajstić information content (AvgIpc) is 2.86. The predicted octanol–water partition coefficient (Wildman–Crippen LogP) is 5.32. The number of carbonyl (C=O) groups is 2. The van der Waals surface area contributed by atoms with E-state index in [0.29, 0.717) is 25.3 Å². The minimum absolute atomic E-state index is 0.0885. The summed E-state index contributed by atoms with van der Waals surface area (Å²) >= 11 is 0. The molecule has 0 fully saturated rings. The quantitative estimate of drug-likeness (QED) is 0.303. The van der Waals surface area contributed by atoms with Gasteiger partial charge in [-0.2, -0.15) is 0 Å². The fraction of sp³-hybridized carbons (Fsp3) is 0.286. The molecule has 0 spiro atoms. The van der Waals surface area contributed by atoms with Gasteiger partial charge in [0.25, 0.3) is 0 Å². The summed E-state index contributed by atoms with van der Waals surface area (Å²) in [6, 6.07) is 26.1. The van der Waals surface area contributed by atoms with E-state index in [4.69, 9.17) is 9.47 Å². The number of aryl methyl sites for hydroxylation is 1. The van der Waals surface area contributed by atoms with Gasteiger partial charge in [-0.1, -0.05) is 66.7 Å². The lowest BCUT2D eigenvalue weighted by atomic mass is 10.0. The Morgan fingerprint density at radius 1 is 0.788 bits per heavy atom. The molecule has 0 bridgehead atoms. The van der Waals surface area contributed by atoms with Crippen LogP contribution in [0.4, 0.5) is 0 Å². The number of nitrogens with one attached hydrogen (secondary N) is 1. The fourth-order valence-corrected chi connectivity index (χ4v) is 3.45. The average molecular weight is 446 g/mol. The molecule has 5 nitrogen and oxygen atoms in total. The number of hydrogen-bond donors (Lipinski definition) is 1. The van der Waals surface area contributed by atoms with Gasteiger partial charge in [-0.05, 0) is 60.6 Å². The first-order chi connectivity index (χ1) is 16.1. The first-order valence-electron chi connectivity index (χ1n) is 11.4. The van der Waals surface area contributed by atoms with E-state index >= 15 is 0 Å². The Balaban J connectivity index is 1.38. The molecule has 0 aromatic heterocycles. The van der Waals surface area contributed by atoms with Gasteiger partial charge in [0, 0.05) is 13.0 Å². The molecular weight excluding hydrogens is 414 g/mol. The molecule has 0 aliphatic carbocycles. The summed E-state index contributed by atoms with van der Waals surface area (Å²) < 4.78 is 10.3. The van der Waals surface area contributed by atoms with Crippen LogP contribution in [0.15, 0.2) is 78.9 Å². The normalized spacial score (nSPS) is 10.5. The summed E-state index contributed by atoms with van der Waals surface area (Å²) in [5, 5.41) is 3.00. The van der Waals surface area contributed by atoms with Crippen molar-refractivity contribution in [2.45, 2.75) is 39.2 Å². The highest BCUT2D eigenvalue weighted by Gasteiger charge is 2.05. The second-order valence-corrected chi connectivity index (χ2v) is 7.78. The van der Waals surface area contributed by atoms with Gasteiger partial charge in [0.1, 0.15) is 5.75 Å². The second kappa shape index (κ2) is 13.1. The van der Waals surface area contributed by atoms with E-state index < -0.39 is 0 Å². The standard InChI is InChI=1S/C28H31NO4/c1-2-32-28(31)21-33-26-18-16-25(17-19-26)24-14-12-23(13-15-24)20-29-27(30)11-7-6-10-22-8-4-3-5-9-22/h3-5,8-9,12-19H,2,6-7,10-11,20-21H2,1H3,(H,29,30). The Morgan fingerprint density at radius 2 is 1.45 bits per heavy atom. The van der Waals surface area contributed by atoms with E-state index in [1.807, 2.05) is 66.7 Å². The number of carbonyl (C=O) groups excluding carboxylic acids is 2. The lowest BCUT2D eigenvalue weighted by molar-refractivity contribution is -0.145. The summed E-state index contributed by atoms with van der Waals surface area (Å²) in [7, 11) is 0. The molecule has 0 radical (unpaired) electrons. The molecule has 5 heteroatoms. The third kappa shape index (κ3) is 8.45. The molecule has 33 heavy (non-hydrogen) atoms. The van der Waals surface area contributed by atoms with Gasteiger partial charge < -0.3 is 14.8 Å². The molecule has 0 aliphatic rings. The van der Waals surface area contributed by atoms with Gasteiger partial charge in [0.05, 0.1) is 6.61 Å². The molecule has 0 unspecified atom stereocenters. The molecule has 0 atom stereocenters. The Hall–Kier alpha value is -3.60. The number of rotatable bonds is 12. The van der Waals surface area contributed by atoms with Crippen LogP contribution >= 0.6 is 0 Å². The zero-order valence-electron chi connectivity index (χ0n) is 19.1. The van der Waals surface area contributed by atoms with E-state index in [-0.39, 0.29) is 18.5 Å². The van der Waals surface area contributed by atoms with E-state index in [1.54, 1.807) is 6.92 Å². The van der Waals surface area contributed by atoms with Crippen molar-refractivity contribution in [3.05, 3.63) is 90.0 Å². The minimum Gasteiger partial charge on any atom is -0.482 e. The van der Waals surface area contributed by atoms with Gasteiger partial charge in [-0.25, -0.2) is 4.79 Å². The van der Waals surface area contributed by atoms with Crippen molar-refractivity contribution in [3.63, 3.8) is 0 Å². The number of benzene rings is 3. The van der Waals surface area contributed by atoms with Crippen molar-refractivity contribution in [2.75, 3.05) is 13.2 Å². The van der Waals surface area contributed by atoms with Crippen molar-refractivity contribution >= 4 is 11.9 Å². The monoisotopic (exact) mass is 445 g/mol. The molecule has 3 aromatic rings. The summed E-state index contributed by atoms with van der Waals surface area (Å²) in [6.45, 7) is 2.54. The van der Waals surface area contributed by atoms with Crippen LogP contribution in [0.3, 0.4) is 0 Å². The van der Waals surface area contributed by atoms with Gasteiger partial charge in [0.2, 0.25) is 5.91 Å². The molecule has 1 N–H and O–H groups in total. The van der Waals surface area contributed by atoms with Crippen LogP contribution in [0.2, 0.25) is 0 Å². The third-order valence-corrected chi connectivity index (χ3v) is 5.26. The first-order valence-corrected chi connectivity index (χ1v) is 11.4. The Bertz CT molecular complexity index is 998. The van der Waals surface area contributed by atoms with Crippen molar-refractivity contribution in [1.82, 2.24) is 5.32 Å². The number of unbranched alkanes of at least 4 members (excludes halogenated alkanes) is 1. The fourth-order valence-electron chi connectivity index (χ4n) is 3.45. The Labute approximate surface area is 195 Å². The molecule has 3 aromatic carbocycles. The molecule has 3 rings (SSSR count). The lowest BCUT2D eigenvalue weighted by Gasteiger charge is -2.09. The van der Waals surface area contributed by atoms with Crippen molar-refractivity contribution in [2.24, 2.45) is 0 Å². The van der Waals surface area contributed by atoms with Crippen LogP contribution in [0.25, 0.3) is 11.1 Å². The zero-order valence-corrected chi connectivity index (χ0v) is 19.1. The number of esters is 1. The Kier molecular flexibility index (Phi) is 9.52. The highest BCUT2D eigenvalue weighted by atomic mass is 16.6. The molecule has 0 saturated carbocycles. The van der Waals surface area contributed by atoms with E-state index in [2.05, 4.69) is 17.4 Å². The van der Waals surface area contributed by atoms with Crippen LogP contribution < -0.4 is 10.1 Å². The SMILES string of the molecule is CCOC(=O)COc1ccc(-c2ccc(CNC(=O)CCCCc3ccccc3)cc2)cc1. The van der Waals surface area contributed by atoms with Crippen LogP contribution in [-0.4, -0.2) is 25.1 Å². The minimum atomic E-state index is -0.378. The maximum Gasteiger partial charge on any atom is 0.344 e. The van der Waals surface area contributed by atoms with Gasteiger partial charge in [-0.3, -0.25) is 4.79 Å². The molecular formula is C28H31NO4. The largest absolute Gasteiger partial charge is 0.482 e. The van der Waals surface area contributed by atoms with Crippen LogP contribution in [0.1, 0.15) is 37.3 Å². The maximum absolute atomic E-state index is 12.1. The molecule has 0 heterocycles. The van der Waals surface area contributed by atoms with Crippen LogP contribution in [-0.2, 0) is 27.3 Å². The summed E-state index contributed by atoms with van der Waals surface area (Å²) in [5.41, 5.74) is 4.50. The van der Waals surface area contributed by atoms with Crippen LogP contribution in [0.5, 0.6) is 5.75 Å². The summed E-state index contributed by atoms with van der Waals surface area (Å²) in [5.74, 6) is 0.330. The van der Waals surface area contributed by atoms with E-state index in [0.717, 1.165) is 36.0 Å². The number of amides is 1. The lowest BCUT2D eigenvalue weighted by Crippen LogP contribution is -2.22. The highest BCUT2D eigenvalue weighted by molar-refractivity contribution is 5.75. The first kappa shape index (κ1) is 24.1. The third-order valence-electron chi connectivity index (χ3n) is 5.26. The van der Waals surface area contributed by atoms with Crippen molar-refractivity contribution in [1.29, 1.82) is 0 Å². The highest BCUT2D eigenvalue weighted by Crippen LogP contribution is 2.23. The Morgan fingerprint density at radius 3 is 2.12 bits per heavy atom. The van der Waals surface area contributed by atoms with E-state index in [1.165, 1.54) is 5.56 Å². The summed E-state index contributed by atoms with van der Waals surface area (Å²) in [6.07, 6.45) is 3.46. The van der Waals surface area contributed by atoms with Crippen molar-refractivity contribution in [3.8, 4) is 16.9 Å². The molecule has 1 amide bonds.